The number of phenols is 4. The van der Waals surface area contributed by atoms with Crippen molar-refractivity contribution in [3.63, 3.8) is 0 Å². The molecule has 16 heteroatoms. The lowest BCUT2D eigenvalue weighted by atomic mass is 9.87. The van der Waals surface area contributed by atoms with Crippen molar-refractivity contribution in [2.24, 2.45) is 0 Å². The summed E-state index contributed by atoms with van der Waals surface area (Å²) in [5.41, 5.74) is -1.48. The quantitative estimate of drug-likeness (QED) is 0.135. The highest BCUT2D eigenvalue weighted by atomic mass is 16.7. The molecule has 0 saturated carbocycles. The first kappa shape index (κ1) is 30.7. The summed E-state index contributed by atoms with van der Waals surface area (Å²) < 4.78 is 22.3. The van der Waals surface area contributed by atoms with Crippen LogP contribution in [0.2, 0.25) is 0 Å². The molecule has 1 aromatic heterocycles. The third-order valence-corrected chi connectivity index (χ3v) is 7.56. The van der Waals surface area contributed by atoms with Crippen molar-refractivity contribution in [1.82, 2.24) is 0 Å². The van der Waals surface area contributed by atoms with E-state index in [1.54, 1.807) is 0 Å². The van der Waals surface area contributed by atoms with Gasteiger partial charge in [0.25, 0.3) is 0 Å². The zero-order valence-electron chi connectivity index (χ0n) is 22.2. The summed E-state index contributed by atoms with van der Waals surface area (Å²) >= 11 is 0. The zero-order valence-corrected chi connectivity index (χ0v) is 22.2. The van der Waals surface area contributed by atoms with E-state index in [4.69, 9.17) is 18.6 Å². The van der Waals surface area contributed by atoms with Gasteiger partial charge in [0.2, 0.25) is 17.5 Å². The van der Waals surface area contributed by atoms with Crippen LogP contribution in [0.1, 0.15) is 6.92 Å². The van der Waals surface area contributed by atoms with Crippen LogP contribution in [0, 0.1) is 0 Å². The van der Waals surface area contributed by atoms with E-state index in [9.17, 15) is 61.0 Å². The van der Waals surface area contributed by atoms with Crippen LogP contribution in [0.25, 0.3) is 22.3 Å². The first-order valence-corrected chi connectivity index (χ1v) is 13.0. The van der Waals surface area contributed by atoms with Gasteiger partial charge in [-0.15, -0.1) is 0 Å². The Kier molecular flexibility index (Phi) is 8.16. The van der Waals surface area contributed by atoms with E-state index in [-0.39, 0.29) is 11.1 Å². The Morgan fingerprint density at radius 3 is 2.02 bits per heavy atom. The zero-order chi connectivity index (χ0) is 31.5. The first-order valence-electron chi connectivity index (χ1n) is 13.0. The highest BCUT2D eigenvalue weighted by molar-refractivity contribution is 5.88. The number of ether oxygens (including phenoxy) is 3. The molecule has 5 rings (SSSR count). The summed E-state index contributed by atoms with van der Waals surface area (Å²) in [7, 11) is 0. The molecule has 0 spiro atoms. The summed E-state index contributed by atoms with van der Waals surface area (Å²) in [6.07, 6.45) is -20.0. The van der Waals surface area contributed by atoms with Crippen LogP contribution in [0.4, 0.5) is 0 Å². The summed E-state index contributed by atoms with van der Waals surface area (Å²) in [4.78, 5) is 13.6. The van der Waals surface area contributed by atoms with E-state index in [2.05, 4.69) is 0 Å². The molecule has 0 aliphatic carbocycles. The van der Waals surface area contributed by atoms with E-state index in [0.717, 1.165) is 24.3 Å². The molecule has 16 nitrogen and oxygen atoms in total. The second-order valence-corrected chi connectivity index (χ2v) is 10.5. The molecule has 3 heterocycles. The summed E-state index contributed by atoms with van der Waals surface area (Å²) in [6.45, 7) is 1.35. The van der Waals surface area contributed by atoms with Crippen LogP contribution in [0.5, 0.6) is 28.7 Å². The number of benzene rings is 2. The molecule has 2 aliphatic heterocycles. The summed E-state index contributed by atoms with van der Waals surface area (Å²) in [5, 5.41) is 113. The Morgan fingerprint density at radius 1 is 0.744 bits per heavy atom. The number of hydrogen-bond donors (Lipinski definition) is 11. The lowest BCUT2D eigenvalue weighted by molar-refractivity contribution is -0.311. The van der Waals surface area contributed by atoms with E-state index in [1.165, 1.54) is 13.0 Å². The lowest BCUT2D eigenvalue weighted by Gasteiger charge is -2.46. The molecule has 11 N–H and O–H groups in total. The first-order chi connectivity index (χ1) is 20.2. The largest absolute Gasteiger partial charge is 0.508 e. The Morgan fingerprint density at radius 2 is 1.37 bits per heavy atom. The summed E-state index contributed by atoms with van der Waals surface area (Å²) in [5.74, 6) is -3.57. The van der Waals surface area contributed by atoms with Crippen LogP contribution in [-0.4, -0.2) is 124 Å². The predicted molar refractivity (Wildman–Crippen MR) is 140 cm³/mol. The van der Waals surface area contributed by atoms with Gasteiger partial charge in [-0.2, -0.15) is 0 Å². The molecular formula is C27H30O16. The number of aliphatic hydroxyl groups excluding tert-OH is 7. The monoisotopic (exact) mass is 610 g/mol. The van der Waals surface area contributed by atoms with Crippen molar-refractivity contribution in [1.29, 1.82) is 0 Å². The normalized spacial score (nSPS) is 33.8. The van der Waals surface area contributed by atoms with Gasteiger partial charge in [0, 0.05) is 17.7 Å². The minimum atomic E-state index is -2.08. The maximum atomic E-state index is 13.6. The van der Waals surface area contributed by atoms with Crippen LogP contribution < -0.4 is 10.2 Å². The highest BCUT2D eigenvalue weighted by Gasteiger charge is 2.53. The fourth-order valence-electron chi connectivity index (χ4n) is 5.15. The van der Waals surface area contributed by atoms with E-state index in [1.807, 2.05) is 0 Å². The Hall–Kier alpha value is -3.71. The van der Waals surface area contributed by atoms with E-state index < -0.39 is 113 Å². The fourth-order valence-corrected chi connectivity index (χ4v) is 5.15. The molecule has 3 aromatic rings. The van der Waals surface area contributed by atoms with Crippen LogP contribution in [0.15, 0.2) is 39.5 Å². The molecule has 2 aromatic carbocycles. The Labute approximate surface area is 241 Å². The molecule has 1 unspecified atom stereocenters. The van der Waals surface area contributed by atoms with Gasteiger partial charge in [-0.05, 0) is 25.1 Å². The van der Waals surface area contributed by atoms with Crippen molar-refractivity contribution < 1.29 is 74.8 Å². The third-order valence-electron chi connectivity index (χ3n) is 7.56. The lowest BCUT2D eigenvalue weighted by Crippen LogP contribution is -2.67. The van der Waals surface area contributed by atoms with Gasteiger partial charge in [0.1, 0.15) is 77.4 Å². The molecule has 0 radical (unpaired) electrons. The van der Waals surface area contributed by atoms with Crippen molar-refractivity contribution in [3.05, 3.63) is 40.6 Å². The highest BCUT2D eigenvalue weighted by Crippen LogP contribution is 2.40. The standard InChI is InChI=1S/C27H30O16/c1-7-15(32)17(34)19(36)24(40-7)22(39)25-20(37)18(35)21(38)27(42-25)43-26-16(33)14-12(31)5-9(28)6-13(14)41-23(26)8-2-3-10(29)11(30)4-8/h2-7,15,17-22,24-25,27-32,34-39H,1H3/t7-,15-,17+,18-,19+,20+,21+,22?,24+,25-,27-/m0/s1. The minimum Gasteiger partial charge on any atom is -0.508 e. The van der Waals surface area contributed by atoms with E-state index >= 15 is 0 Å². The van der Waals surface area contributed by atoms with Gasteiger partial charge in [-0.1, -0.05) is 0 Å². The number of phenolic OH excluding ortho intramolecular Hbond substituents is 4. The Bertz CT molecular complexity index is 1560. The van der Waals surface area contributed by atoms with Gasteiger partial charge < -0.3 is 74.8 Å². The predicted octanol–water partition coefficient (Wildman–Crippen LogP) is -2.30. The van der Waals surface area contributed by atoms with Crippen LogP contribution >= 0.6 is 0 Å². The van der Waals surface area contributed by atoms with Crippen molar-refractivity contribution in [3.8, 4) is 40.1 Å². The molecule has 2 fully saturated rings. The molecule has 2 saturated heterocycles. The molecule has 234 valence electrons. The second kappa shape index (κ2) is 11.4. The molecule has 0 bridgehead atoms. The molecule has 11 atom stereocenters. The number of aromatic hydroxyl groups is 4. The van der Waals surface area contributed by atoms with Crippen molar-refractivity contribution in [2.45, 2.75) is 74.3 Å². The maximum absolute atomic E-state index is 13.6. The number of rotatable bonds is 5. The number of hydrogen-bond acceptors (Lipinski definition) is 16. The average Bonchev–Trinajstić information content (AvgIpc) is 2.95. The van der Waals surface area contributed by atoms with Crippen LogP contribution in [-0.2, 0) is 9.47 Å². The van der Waals surface area contributed by atoms with Gasteiger partial charge in [0.15, 0.2) is 17.3 Å². The maximum Gasteiger partial charge on any atom is 0.239 e. The third kappa shape index (κ3) is 5.33. The summed E-state index contributed by atoms with van der Waals surface area (Å²) in [6, 6.07) is 5.10. The molecular weight excluding hydrogens is 580 g/mol. The average molecular weight is 611 g/mol. The number of fused-ring (bicyclic) bond motifs is 1. The fraction of sp³-hybridized carbons (Fsp3) is 0.444. The Balaban J connectivity index is 1.56. The second-order valence-electron chi connectivity index (χ2n) is 10.5. The SMILES string of the molecule is C[C@@H]1O[C@@H](C(O)[C@H]2O[C@@H](Oc3c(-c4ccc(O)c(O)c4)oc4cc(O)cc(O)c4c3=O)[C@H](O)[C@@H](O)[C@H]2O)[C@H](O)[C@H](O)[C@H]1O. The minimum absolute atomic E-state index is 0.0742. The molecule has 0 amide bonds. The van der Waals surface area contributed by atoms with E-state index in [0.29, 0.717) is 0 Å². The van der Waals surface area contributed by atoms with Gasteiger partial charge >= 0.3 is 0 Å². The van der Waals surface area contributed by atoms with Gasteiger partial charge in [0.05, 0.1) is 6.10 Å². The number of aliphatic hydroxyl groups is 7. The van der Waals surface area contributed by atoms with Crippen LogP contribution in [0.3, 0.4) is 0 Å². The molecule has 2 aliphatic rings. The van der Waals surface area contributed by atoms with Gasteiger partial charge in [-0.25, -0.2) is 0 Å². The van der Waals surface area contributed by atoms with Crippen molar-refractivity contribution in [2.75, 3.05) is 0 Å². The van der Waals surface area contributed by atoms with Crippen molar-refractivity contribution >= 4 is 11.0 Å². The molecule has 43 heavy (non-hydrogen) atoms. The van der Waals surface area contributed by atoms with Gasteiger partial charge in [-0.3, -0.25) is 4.79 Å². The smallest absolute Gasteiger partial charge is 0.239 e. The topological polar surface area (TPSA) is 280 Å².